The van der Waals surface area contributed by atoms with Crippen LogP contribution in [0, 0.1) is 0 Å². The predicted octanol–water partition coefficient (Wildman–Crippen LogP) is -0.525. The number of hydrogen-bond acceptors (Lipinski definition) is 7. The van der Waals surface area contributed by atoms with Crippen molar-refractivity contribution in [2.45, 2.75) is 31.5 Å². The molecule has 3 rings (SSSR count). The molecule has 0 aromatic carbocycles. The van der Waals surface area contributed by atoms with E-state index in [1.165, 1.54) is 6.33 Å². The normalized spacial score (nSPS) is 29.1. The maximum Gasteiger partial charge on any atom is 0.164 e. The second-order valence-corrected chi connectivity index (χ2v) is 4.94. The third-order valence-corrected chi connectivity index (χ3v) is 3.63. The van der Waals surface area contributed by atoms with Crippen molar-refractivity contribution >= 4 is 16.9 Å². The third kappa shape index (κ3) is 2.26. The molecule has 4 N–H and O–H groups in total. The van der Waals surface area contributed by atoms with Crippen molar-refractivity contribution in [1.82, 2.24) is 14.5 Å². The molecule has 1 aliphatic rings. The lowest BCUT2D eigenvalue weighted by molar-refractivity contribution is -0.0508. The first kappa shape index (κ1) is 14.2. The maximum absolute atomic E-state index is 10.1. The van der Waals surface area contributed by atoms with Gasteiger partial charge in [-0.05, 0) is 13.0 Å². The van der Waals surface area contributed by atoms with E-state index in [9.17, 15) is 10.2 Å². The molecule has 0 radical (unpaired) electrons. The second-order valence-electron chi connectivity index (χ2n) is 4.94. The number of pyridine rings is 1. The summed E-state index contributed by atoms with van der Waals surface area (Å²) < 4.78 is 7.16. The molecule has 0 saturated carbocycles. The highest BCUT2D eigenvalue weighted by molar-refractivity contribution is 5.85. The number of anilines is 1. The highest BCUT2D eigenvalue weighted by Gasteiger charge is 2.43. The fourth-order valence-electron chi connectivity index (χ4n) is 2.57. The van der Waals surface area contributed by atoms with Crippen LogP contribution in [0.25, 0.3) is 11.0 Å². The standard InChI is InChI=1S/C13H18N4O4/c1-2-14-12-9-7(3-4-15-12)17(6-16-9)13-11(20)10(19)8(5-18)21-13/h3-4,6,8,10-11,13,18-20H,2,5H2,1H3,(H,14,15)/t8-,10-,11-,13?/m1/s1. The van der Waals surface area contributed by atoms with Gasteiger partial charge >= 0.3 is 0 Å². The van der Waals surface area contributed by atoms with Crippen molar-refractivity contribution in [2.24, 2.45) is 0 Å². The Morgan fingerprint density at radius 2 is 2.14 bits per heavy atom. The van der Waals surface area contributed by atoms with Crippen LogP contribution >= 0.6 is 0 Å². The Hall–Kier alpha value is -1.74. The fourth-order valence-corrected chi connectivity index (χ4v) is 2.57. The van der Waals surface area contributed by atoms with Crippen molar-refractivity contribution in [1.29, 1.82) is 0 Å². The molecule has 2 aromatic heterocycles. The minimum atomic E-state index is -1.13. The van der Waals surface area contributed by atoms with Gasteiger partial charge in [-0.3, -0.25) is 0 Å². The quantitative estimate of drug-likeness (QED) is 0.600. The van der Waals surface area contributed by atoms with Gasteiger partial charge in [0.05, 0.1) is 18.5 Å². The first-order valence-corrected chi connectivity index (χ1v) is 6.85. The number of aromatic nitrogens is 3. The Kier molecular flexibility index (Phi) is 3.77. The molecule has 1 saturated heterocycles. The van der Waals surface area contributed by atoms with Gasteiger partial charge in [-0.25, -0.2) is 9.97 Å². The third-order valence-electron chi connectivity index (χ3n) is 3.63. The lowest BCUT2D eigenvalue weighted by Crippen LogP contribution is -2.33. The molecular weight excluding hydrogens is 276 g/mol. The number of imidazole rings is 1. The molecule has 4 atom stereocenters. The van der Waals surface area contributed by atoms with Crippen LogP contribution in [-0.2, 0) is 4.74 Å². The molecule has 0 amide bonds. The van der Waals surface area contributed by atoms with Crippen LogP contribution in [0.5, 0.6) is 0 Å². The zero-order valence-corrected chi connectivity index (χ0v) is 11.5. The second kappa shape index (κ2) is 5.57. The lowest BCUT2D eigenvalue weighted by atomic mass is 10.1. The average Bonchev–Trinajstić information content (AvgIpc) is 3.03. The predicted molar refractivity (Wildman–Crippen MR) is 74.7 cm³/mol. The van der Waals surface area contributed by atoms with Gasteiger partial charge in [0.1, 0.15) is 23.8 Å². The van der Waals surface area contributed by atoms with Crippen LogP contribution in [0.1, 0.15) is 13.2 Å². The van der Waals surface area contributed by atoms with Crippen LogP contribution in [0.3, 0.4) is 0 Å². The minimum absolute atomic E-state index is 0.356. The number of hydrogen-bond donors (Lipinski definition) is 4. The van der Waals surface area contributed by atoms with E-state index in [0.717, 1.165) is 5.52 Å². The number of aliphatic hydroxyl groups excluding tert-OH is 3. The van der Waals surface area contributed by atoms with Gasteiger partial charge in [0.25, 0.3) is 0 Å². The minimum Gasteiger partial charge on any atom is -0.394 e. The molecule has 0 bridgehead atoms. The van der Waals surface area contributed by atoms with Gasteiger partial charge in [0.15, 0.2) is 12.0 Å². The number of nitrogens with zero attached hydrogens (tertiary/aromatic N) is 3. The van der Waals surface area contributed by atoms with E-state index in [1.54, 1.807) is 16.8 Å². The molecular formula is C13H18N4O4. The van der Waals surface area contributed by atoms with E-state index in [0.29, 0.717) is 17.9 Å². The van der Waals surface area contributed by atoms with Gasteiger partial charge in [0.2, 0.25) is 0 Å². The molecule has 0 aliphatic carbocycles. The lowest BCUT2D eigenvalue weighted by Gasteiger charge is -2.17. The summed E-state index contributed by atoms with van der Waals surface area (Å²) in [5.41, 5.74) is 1.40. The molecule has 1 unspecified atom stereocenters. The molecule has 3 heterocycles. The first-order valence-electron chi connectivity index (χ1n) is 6.85. The summed E-state index contributed by atoms with van der Waals surface area (Å²) in [5.74, 6) is 0.653. The van der Waals surface area contributed by atoms with Gasteiger partial charge < -0.3 is 29.9 Å². The molecule has 21 heavy (non-hydrogen) atoms. The smallest absolute Gasteiger partial charge is 0.164 e. The van der Waals surface area contributed by atoms with Gasteiger partial charge in [0, 0.05) is 12.7 Å². The Morgan fingerprint density at radius 1 is 1.33 bits per heavy atom. The van der Waals surface area contributed by atoms with E-state index in [1.807, 2.05) is 6.92 Å². The first-order chi connectivity index (χ1) is 10.2. The zero-order valence-electron chi connectivity index (χ0n) is 11.5. The van der Waals surface area contributed by atoms with Gasteiger partial charge in [-0.1, -0.05) is 0 Å². The summed E-state index contributed by atoms with van der Waals surface area (Å²) in [7, 11) is 0. The summed E-state index contributed by atoms with van der Waals surface area (Å²) in [5, 5.41) is 32.2. The van der Waals surface area contributed by atoms with Crippen LogP contribution in [0.4, 0.5) is 5.82 Å². The number of aliphatic hydroxyl groups is 3. The van der Waals surface area contributed by atoms with Crippen molar-refractivity contribution in [3.8, 4) is 0 Å². The molecule has 114 valence electrons. The summed E-state index contributed by atoms with van der Waals surface area (Å²) in [4.78, 5) is 8.52. The van der Waals surface area contributed by atoms with E-state index in [2.05, 4.69) is 15.3 Å². The summed E-state index contributed by atoms with van der Waals surface area (Å²) in [6.07, 6.45) is -0.688. The Balaban J connectivity index is 2.00. The largest absolute Gasteiger partial charge is 0.394 e. The molecule has 8 nitrogen and oxygen atoms in total. The average molecular weight is 294 g/mol. The van der Waals surface area contributed by atoms with E-state index in [-0.39, 0.29) is 6.61 Å². The monoisotopic (exact) mass is 294 g/mol. The molecule has 2 aromatic rings. The van der Waals surface area contributed by atoms with Crippen molar-refractivity contribution in [2.75, 3.05) is 18.5 Å². The number of rotatable bonds is 4. The van der Waals surface area contributed by atoms with Crippen molar-refractivity contribution in [3.05, 3.63) is 18.6 Å². The van der Waals surface area contributed by atoms with E-state index < -0.39 is 24.5 Å². The highest BCUT2D eigenvalue weighted by atomic mass is 16.6. The maximum atomic E-state index is 10.1. The van der Waals surface area contributed by atoms with Crippen LogP contribution in [-0.4, -0.2) is 61.3 Å². The van der Waals surface area contributed by atoms with Gasteiger partial charge in [-0.2, -0.15) is 0 Å². The van der Waals surface area contributed by atoms with Crippen molar-refractivity contribution < 1.29 is 20.1 Å². The van der Waals surface area contributed by atoms with Gasteiger partial charge in [-0.15, -0.1) is 0 Å². The van der Waals surface area contributed by atoms with Crippen LogP contribution in [0.15, 0.2) is 18.6 Å². The Morgan fingerprint density at radius 3 is 2.81 bits per heavy atom. The summed E-state index contributed by atoms with van der Waals surface area (Å²) in [6.45, 7) is 2.32. The van der Waals surface area contributed by atoms with E-state index >= 15 is 0 Å². The molecule has 0 spiro atoms. The molecule has 1 fully saturated rings. The van der Waals surface area contributed by atoms with E-state index in [4.69, 9.17) is 9.84 Å². The number of nitrogens with one attached hydrogen (secondary N) is 1. The topological polar surface area (TPSA) is 113 Å². The SMILES string of the molecule is CCNc1nccc2c1ncn2C1O[C@H](CO)[C@@H](O)[C@H]1O. The van der Waals surface area contributed by atoms with Crippen LogP contribution < -0.4 is 5.32 Å². The summed E-state index contributed by atoms with van der Waals surface area (Å²) >= 11 is 0. The Bertz CT molecular complexity index is 632. The Labute approximate surface area is 121 Å². The molecule has 1 aliphatic heterocycles. The fraction of sp³-hybridized carbons (Fsp3) is 0.538. The van der Waals surface area contributed by atoms with Crippen LogP contribution in [0.2, 0.25) is 0 Å². The zero-order chi connectivity index (χ0) is 15.0. The number of ether oxygens (including phenoxy) is 1. The van der Waals surface area contributed by atoms with Crippen molar-refractivity contribution in [3.63, 3.8) is 0 Å². The highest BCUT2D eigenvalue weighted by Crippen LogP contribution is 2.32. The summed E-state index contributed by atoms with van der Waals surface area (Å²) in [6, 6.07) is 1.76. The number of fused-ring (bicyclic) bond motifs is 1. The molecule has 8 heteroatoms.